The molecule has 1 unspecified atom stereocenters. The number of benzene rings is 1. The summed E-state index contributed by atoms with van der Waals surface area (Å²) in [6.07, 6.45) is 0.408. The average Bonchev–Trinajstić information content (AvgIpc) is 3.38. The summed E-state index contributed by atoms with van der Waals surface area (Å²) >= 11 is 6.01. The molecule has 2 fully saturated rings. The number of carbonyl (C=O) groups is 1. The highest BCUT2D eigenvalue weighted by atomic mass is 35.5. The van der Waals surface area contributed by atoms with Crippen molar-refractivity contribution in [2.45, 2.75) is 70.3 Å². The van der Waals surface area contributed by atoms with E-state index in [-0.39, 0.29) is 22.7 Å². The van der Waals surface area contributed by atoms with E-state index in [1.54, 1.807) is 31.9 Å². The maximum atomic E-state index is 13.4. The van der Waals surface area contributed by atoms with Crippen LogP contribution in [0.25, 0.3) is 11.2 Å². The molecule has 1 aliphatic carbocycles. The number of amides is 1. The van der Waals surface area contributed by atoms with E-state index in [1.807, 2.05) is 4.57 Å². The van der Waals surface area contributed by atoms with Gasteiger partial charge in [0, 0.05) is 29.8 Å². The summed E-state index contributed by atoms with van der Waals surface area (Å²) in [4.78, 5) is 28.0. The first kappa shape index (κ1) is 26.3. The molecule has 1 saturated heterocycles. The molecule has 2 aromatic heterocycles. The zero-order valence-electron chi connectivity index (χ0n) is 21.3. The minimum atomic E-state index is -4.56. The van der Waals surface area contributed by atoms with Gasteiger partial charge in [-0.15, -0.1) is 0 Å². The minimum Gasteiger partial charge on any atom is -0.444 e. The van der Waals surface area contributed by atoms with Crippen LogP contribution in [0, 0.1) is 0 Å². The molecule has 1 amide bonds. The molecule has 3 heterocycles. The maximum Gasteiger partial charge on any atom is 0.416 e. The number of hydrogen-bond acceptors (Lipinski definition) is 7. The lowest BCUT2D eigenvalue weighted by Crippen LogP contribution is -2.35. The van der Waals surface area contributed by atoms with E-state index in [0.717, 1.165) is 31.4 Å². The molecule has 13 heteroatoms. The average molecular weight is 552 g/mol. The Kier molecular flexibility index (Phi) is 6.79. The van der Waals surface area contributed by atoms with Crippen molar-refractivity contribution in [2.24, 2.45) is 0 Å². The molecule has 1 saturated carbocycles. The molecule has 5 rings (SSSR count). The minimum absolute atomic E-state index is 0.0614. The number of carbonyl (C=O) groups excluding carboxylic acids is 1. The molecule has 2 aliphatic rings. The molecule has 3 aromatic rings. The van der Waals surface area contributed by atoms with E-state index in [2.05, 4.69) is 20.6 Å². The monoisotopic (exact) mass is 551 g/mol. The Hall–Kier alpha value is -3.28. The van der Waals surface area contributed by atoms with Gasteiger partial charge < -0.3 is 20.3 Å². The summed E-state index contributed by atoms with van der Waals surface area (Å²) in [6.45, 7) is 6.19. The molecule has 9 nitrogen and oxygen atoms in total. The smallest absolute Gasteiger partial charge is 0.416 e. The van der Waals surface area contributed by atoms with E-state index in [0.29, 0.717) is 42.7 Å². The molecule has 0 spiro atoms. The van der Waals surface area contributed by atoms with Gasteiger partial charge in [0.1, 0.15) is 11.1 Å². The van der Waals surface area contributed by atoms with Crippen molar-refractivity contribution in [1.82, 2.24) is 24.4 Å². The van der Waals surface area contributed by atoms with E-state index in [4.69, 9.17) is 21.3 Å². The fourth-order valence-electron chi connectivity index (χ4n) is 4.53. The van der Waals surface area contributed by atoms with Crippen LogP contribution in [0.15, 0.2) is 24.4 Å². The highest BCUT2D eigenvalue weighted by Crippen LogP contribution is 2.36. The Morgan fingerprint density at radius 1 is 1.13 bits per heavy atom. The lowest BCUT2D eigenvalue weighted by Gasteiger charge is -2.26. The Morgan fingerprint density at radius 3 is 2.55 bits per heavy atom. The summed E-state index contributed by atoms with van der Waals surface area (Å²) in [7, 11) is 0. The first-order valence-corrected chi connectivity index (χ1v) is 12.9. The van der Waals surface area contributed by atoms with Gasteiger partial charge in [0.2, 0.25) is 11.9 Å². The molecule has 1 aliphatic heterocycles. The number of rotatable bonds is 5. The number of aromatic nitrogens is 4. The summed E-state index contributed by atoms with van der Waals surface area (Å²) in [5.41, 5.74) is -0.399. The van der Waals surface area contributed by atoms with E-state index in [9.17, 15) is 18.0 Å². The molecule has 204 valence electrons. The van der Waals surface area contributed by atoms with E-state index < -0.39 is 23.4 Å². The fraction of sp³-hybridized carbons (Fsp3) is 0.520. The van der Waals surface area contributed by atoms with Crippen LogP contribution in [-0.4, -0.2) is 55.2 Å². The van der Waals surface area contributed by atoms with Gasteiger partial charge in [-0.1, -0.05) is 11.6 Å². The third-order valence-electron chi connectivity index (χ3n) is 6.53. The van der Waals surface area contributed by atoms with Gasteiger partial charge in [-0.05, 0) is 64.7 Å². The van der Waals surface area contributed by atoms with Crippen LogP contribution in [0.5, 0.6) is 0 Å². The van der Waals surface area contributed by atoms with Crippen LogP contribution < -0.4 is 10.6 Å². The maximum absolute atomic E-state index is 13.4. The number of likely N-dealkylation sites (tertiary alicyclic amines) is 1. The standard InChI is InChI=1S/C25H29ClF3N7O2/c1-24(2,3)38-23(37)35-8-7-18(13-35)36-20-19(12-30-21(34-20)31-16-5-4-6-16)33-22(36)32-17-10-14(25(27,28)29)9-15(26)11-17/h9-12,16,18H,4-8,13H2,1-3H3,(H,32,33)(H,30,31,34). The topological polar surface area (TPSA) is 97.2 Å². The predicted octanol–water partition coefficient (Wildman–Crippen LogP) is 6.39. The fourth-order valence-corrected chi connectivity index (χ4v) is 4.76. The molecule has 0 radical (unpaired) electrons. The number of fused-ring (bicyclic) bond motifs is 1. The van der Waals surface area contributed by atoms with Gasteiger partial charge >= 0.3 is 12.3 Å². The number of alkyl halides is 3. The van der Waals surface area contributed by atoms with Gasteiger partial charge in [0.15, 0.2) is 5.65 Å². The second kappa shape index (κ2) is 9.79. The zero-order valence-corrected chi connectivity index (χ0v) is 22.0. The van der Waals surface area contributed by atoms with Gasteiger partial charge in [-0.3, -0.25) is 4.57 Å². The quantitative estimate of drug-likeness (QED) is 0.379. The van der Waals surface area contributed by atoms with Gasteiger partial charge in [0.25, 0.3) is 0 Å². The van der Waals surface area contributed by atoms with Gasteiger partial charge in [-0.25, -0.2) is 14.8 Å². The molecule has 1 atom stereocenters. The van der Waals surface area contributed by atoms with Crippen LogP contribution in [0.2, 0.25) is 5.02 Å². The summed E-state index contributed by atoms with van der Waals surface area (Å²) in [6, 6.07) is 3.31. The SMILES string of the molecule is CC(C)(C)OC(=O)N1CCC(n2c(Nc3cc(Cl)cc(C(F)(F)F)c3)nc3cnc(NC4CCC4)nc32)C1. The highest BCUT2D eigenvalue weighted by molar-refractivity contribution is 6.31. The van der Waals surface area contributed by atoms with Crippen molar-refractivity contribution >= 4 is 46.4 Å². The summed E-state index contributed by atoms with van der Waals surface area (Å²) in [5, 5.41) is 6.26. The third kappa shape index (κ3) is 5.74. The molecule has 0 bridgehead atoms. The summed E-state index contributed by atoms with van der Waals surface area (Å²) < 4.78 is 47.6. The molecular formula is C25H29ClF3N7O2. The number of hydrogen-bond donors (Lipinski definition) is 2. The van der Waals surface area contributed by atoms with Gasteiger partial charge in [-0.2, -0.15) is 18.2 Å². The Labute approximate surface area is 222 Å². The highest BCUT2D eigenvalue weighted by Gasteiger charge is 2.34. The second-order valence-corrected chi connectivity index (χ2v) is 11.1. The molecule has 38 heavy (non-hydrogen) atoms. The third-order valence-corrected chi connectivity index (χ3v) is 6.75. The lowest BCUT2D eigenvalue weighted by molar-refractivity contribution is -0.137. The Bertz CT molecular complexity index is 1350. The van der Waals surface area contributed by atoms with Crippen LogP contribution in [-0.2, 0) is 10.9 Å². The van der Waals surface area contributed by atoms with Crippen molar-refractivity contribution < 1.29 is 22.7 Å². The van der Waals surface area contributed by atoms with Crippen molar-refractivity contribution in [3.8, 4) is 0 Å². The van der Waals surface area contributed by atoms with Crippen molar-refractivity contribution in [3.05, 3.63) is 35.0 Å². The lowest BCUT2D eigenvalue weighted by atomic mass is 9.93. The number of imidazole rings is 1. The van der Waals surface area contributed by atoms with Gasteiger partial charge in [0.05, 0.1) is 17.8 Å². The second-order valence-electron chi connectivity index (χ2n) is 10.7. The number of anilines is 3. The zero-order chi connectivity index (χ0) is 27.2. The first-order valence-electron chi connectivity index (χ1n) is 12.5. The Morgan fingerprint density at radius 2 is 1.89 bits per heavy atom. The van der Waals surface area contributed by atoms with E-state index in [1.165, 1.54) is 6.07 Å². The molecule has 1 aromatic carbocycles. The predicted molar refractivity (Wildman–Crippen MR) is 138 cm³/mol. The molecule has 2 N–H and O–H groups in total. The van der Waals surface area contributed by atoms with Crippen molar-refractivity contribution in [3.63, 3.8) is 0 Å². The number of nitrogens with one attached hydrogen (secondary N) is 2. The van der Waals surface area contributed by atoms with Crippen molar-refractivity contribution in [2.75, 3.05) is 23.7 Å². The number of halogens is 4. The largest absolute Gasteiger partial charge is 0.444 e. The van der Waals surface area contributed by atoms with Crippen LogP contribution in [0.3, 0.4) is 0 Å². The van der Waals surface area contributed by atoms with Crippen LogP contribution in [0.4, 0.5) is 35.5 Å². The Balaban J connectivity index is 1.51. The number of nitrogens with zero attached hydrogens (tertiary/aromatic N) is 5. The van der Waals surface area contributed by atoms with Crippen LogP contribution in [0.1, 0.15) is 58.1 Å². The first-order chi connectivity index (χ1) is 17.9. The normalized spacial score (nSPS) is 18.5. The van der Waals surface area contributed by atoms with Crippen LogP contribution >= 0.6 is 11.6 Å². The van der Waals surface area contributed by atoms with E-state index >= 15 is 0 Å². The van der Waals surface area contributed by atoms with Crippen molar-refractivity contribution in [1.29, 1.82) is 0 Å². The molecular weight excluding hydrogens is 523 g/mol. The summed E-state index contributed by atoms with van der Waals surface area (Å²) in [5.74, 6) is 0.737. The number of ether oxygens (including phenoxy) is 1.